The number of fused-ring (bicyclic) bond motifs is 1. The number of hydrogen-bond donors (Lipinski definition) is 4. The fraction of sp³-hybridized carbons (Fsp3) is 0.226. The molecule has 3 aromatic carbocycles. The highest BCUT2D eigenvalue weighted by Crippen LogP contribution is 2.41. The highest BCUT2D eigenvalue weighted by molar-refractivity contribution is 7.80. The van der Waals surface area contributed by atoms with Gasteiger partial charge in [0.25, 0.3) is 5.91 Å². The van der Waals surface area contributed by atoms with Gasteiger partial charge in [-0.2, -0.15) is 22.8 Å². The van der Waals surface area contributed by atoms with Gasteiger partial charge in [-0.3, -0.25) is 9.59 Å². The van der Waals surface area contributed by atoms with Crippen LogP contribution < -0.4 is 15.3 Å². The molecule has 9 nitrogen and oxygen atoms in total. The average Bonchev–Trinajstić information content (AvgIpc) is 3.29. The van der Waals surface area contributed by atoms with Crippen LogP contribution in [0.2, 0.25) is 0 Å². The lowest BCUT2D eigenvalue weighted by molar-refractivity contribution is -0.124. The van der Waals surface area contributed by atoms with E-state index in [0.29, 0.717) is 35.4 Å². The van der Waals surface area contributed by atoms with Crippen LogP contribution in [0.5, 0.6) is 0 Å². The molecule has 41 heavy (non-hydrogen) atoms. The van der Waals surface area contributed by atoms with E-state index in [9.17, 15) is 24.3 Å². The van der Waals surface area contributed by atoms with Crippen molar-refractivity contribution in [3.05, 3.63) is 107 Å². The fourth-order valence-electron chi connectivity index (χ4n) is 4.87. The zero-order valence-corrected chi connectivity index (χ0v) is 23.6. The molecule has 0 saturated heterocycles. The highest BCUT2D eigenvalue weighted by atomic mass is 32.1. The van der Waals surface area contributed by atoms with E-state index < -0.39 is 22.6 Å². The fourth-order valence-corrected chi connectivity index (χ4v) is 5.16. The number of carbonyl (C=O) groups excluding carboxylic acids is 3. The molecule has 3 atom stereocenters. The number of nitrogens with zero attached hydrogens (tertiary/aromatic N) is 1. The number of methoxy groups -OCH3 is 1. The first-order valence-electron chi connectivity index (χ1n) is 13.1. The number of para-hydroxylation sites is 1. The van der Waals surface area contributed by atoms with Gasteiger partial charge < -0.3 is 15.2 Å². The van der Waals surface area contributed by atoms with Crippen molar-refractivity contribution in [2.24, 2.45) is 5.92 Å². The quantitative estimate of drug-likeness (QED) is 0.165. The standard InChI is InChI=1S/C31H31N3O6S/c1-20(32-28(35)25(19-41)17-21-8-4-3-5-9-21)16-24-18-34(31(38)39,27-11-7-6-10-26(24)27)33-29(36)22-12-14-23(15-13-22)30(37)40-2/h3-15,18,20,25H,16-17,19H2,1-2H3,(H3-,32,33,35,36,38,39,41)/p+1/t20-,25?,34?/m1/s1. The highest BCUT2D eigenvalue weighted by Gasteiger charge is 2.48. The second kappa shape index (κ2) is 12.8. The predicted octanol–water partition coefficient (Wildman–Crippen LogP) is 4.84. The van der Waals surface area contributed by atoms with Gasteiger partial charge in [0.2, 0.25) is 5.91 Å². The van der Waals surface area contributed by atoms with Crippen molar-refractivity contribution in [2.75, 3.05) is 12.9 Å². The summed E-state index contributed by atoms with van der Waals surface area (Å²) in [4.78, 5) is 50.7. The SMILES string of the molecule is COC(=O)c1ccc(C(=O)N[N+]2(C(=O)O)C=C(C[C@@H](C)NC(=O)C(CS)Cc3ccccc3)c3ccccc32)cc1. The summed E-state index contributed by atoms with van der Waals surface area (Å²) in [6.45, 7) is 1.86. The third kappa shape index (κ3) is 6.50. The van der Waals surface area contributed by atoms with Gasteiger partial charge in [0.05, 0.1) is 18.6 Å². The van der Waals surface area contributed by atoms with E-state index in [4.69, 9.17) is 0 Å². The Hall–Kier alpha value is -4.41. The van der Waals surface area contributed by atoms with E-state index in [1.807, 2.05) is 37.3 Å². The van der Waals surface area contributed by atoms with E-state index >= 15 is 0 Å². The maximum atomic E-state index is 13.2. The molecule has 0 spiro atoms. The minimum absolute atomic E-state index is 0.133. The summed E-state index contributed by atoms with van der Waals surface area (Å²) in [6.07, 6.45) is 1.07. The van der Waals surface area contributed by atoms with Crippen molar-refractivity contribution in [1.29, 1.82) is 0 Å². The number of carbonyl (C=O) groups is 4. The Kier molecular flexibility index (Phi) is 9.26. The van der Waals surface area contributed by atoms with Gasteiger partial charge in [0.1, 0.15) is 6.20 Å². The van der Waals surface area contributed by atoms with Crippen LogP contribution in [0, 0.1) is 5.92 Å². The van der Waals surface area contributed by atoms with Crippen molar-refractivity contribution >= 4 is 47.8 Å². The summed E-state index contributed by atoms with van der Waals surface area (Å²) in [7, 11) is 1.26. The second-order valence-corrected chi connectivity index (χ2v) is 10.2. The molecule has 0 bridgehead atoms. The monoisotopic (exact) mass is 574 g/mol. The Morgan fingerprint density at radius 3 is 2.17 bits per heavy atom. The van der Waals surface area contributed by atoms with Gasteiger partial charge in [-0.05, 0) is 55.7 Å². The number of amides is 3. The maximum absolute atomic E-state index is 13.2. The Labute approximate surface area is 243 Å². The molecule has 10 heteroatoms. The van der Waals surface area contributed by atoms with Crippen LogP contribution in [0.1, 0.15) is 45.2 Å². The Morgan fingerprint density at radius 1 is 0.902 bits per heavy atom. The largest absolute Gasteiger partial charge is 0.549 e. The molecule has 3 amide bonds. The number of nitrogens with one attached hydrogen (secondary N) is 2. The molecule has 0 fully saturated rings. The van der Waals surface area contributed by atoms with E-state index in [1.165, 1.54) is 37.6 Å². The zero-order chi connectivity index (χ0) is 29.6. The number of quaternary nitrogens is 1. The Balaban J connectivity index is 1.54. The van der Waals surface area contributed by atoms with Crippen molar-refractivity contribution in [3.8, 4) is 0 Å². The third-order valence-electron chi connectivity index (χ3n) is 6.96. The van der Waals surface area contributed by atoms with E-state index in [2.05, 4.69) is 28.1 Å². The molecule has 0 aromatic heterocycles. The topological polar surface area (TPSA) is 122 Å². The van der Waals surface area contributed by atoms with E-state index in [0.717, 1.165) is 5.56 Å². The number of ether oxygens (including phenoxy) is 1. The van der Waals surface area contributed by atoms with E-state index in [1.54, 1.807) is 24.3 Å². The first-order valence-corrected chi connectivity index (χ1v) is 13.7. The van der Waals surface area contributed by atoms with Crippen LogP contribution >= 0.6 is 12.6 Å². The van der Waals surface area contributed by atoms with Crippen LogP contribution in [0.25, 0.3) is 5.57 Å². The van der Waals surface area contributed by atoms with Gasteiger partial charge in [-0.1, -0.05) is 47.1 Å². The molecule has 3 N–H and O–H groups in total. The molecule has 3 aromatic rings. The van der Waals surface area contributed by atoms with Crippen molar-refractivity contribution in [3.63, 3.8) is 0 Å². The Morgan fingerprint density at radius 2 is 1.54 bits per heavy atom. The molecule has 1 heterocycles. The van der Waals surface area contributed by atoms with Gasteiger partial charge in [-0.15, -0.1) is 0 Å². The molecule has 0 radical (unpaired) electrons. The summed E-state index contributed by atoms with van der Waals surface area (Å²) in [5.41, 5.74) is 5.81. The minimum atomic E-state index is -1.30. The summed E-state index contributed by atoms with van der Waals surface area (Å²) in [6, 6.07) is 22.1. The lowest BCUT2D eigenvalue weighted by Crippen LogP contribution is -2.60. The molecule has 1 aliphatic heterocycles. The van der Waals surface area contributed by atoms with Gasteiger partial charge in [0, 0.05) is 34.6 Å². The van der Waals surface area contributed by atoms with Crippen LogP contribution in [0.3, 0.4) is 0 Å². The first-order chi connectivity index (χ1) is 19.7. The van der Waals surface area contributed by atoms with Crippen LogP contribution in [-0.4, -0.2) is 47.9 Å². The molecule has 4 rings (SSSR count). The van der Waals surface area contributed by atoms with Crippen LogP contribution in [0.15, 0.2) is 85.1 Å². The lowest BCUT2D eigenvalue weighted by atomic mass is 9.98. The number of hydrogen-bond acceptors (Lipinski definition) is 6. The van der Waals surface area contributed by atoms with E-state index in [-0.39, 0.29) is 29.0 Å². The van der Waals surface area contributed by atoms with Crippen molar-refractivity contribution in [2.45, 2.75) is 25.8 Å². The van der Waals surface area contributed by atoms with Crippen LogP contribution in [-0.2, 0) is 16.0 Å². The zero-order valence-electron chi connectivity index (χ0n) is 22.7. The smallest absolute Gasteiger partial charge is 0.465 e. The molecule has 1 aliphatic rings. The second-order valence-electron chi connectivity index (χ2n) is 9.87. The summed E-state index contributed by atoms with van der Waals surface area (Å²) in [5.74, 6) is -1.27. The number of carboxylic acid groups (broad SMARTS) is 1. The molecule has 0 aliphatic carbocycles. The number of rotatable bonds is 9. The number of esters is 1. The molecular weight excluding hydrogens is 542 g/mol. The molecule has 212 valence electrons. The number of benzene rings is 3. The number of thiol groups is 1. The lowest BCUT2D eigenvalue weighted by Gasteiger charge is -2.25. The van der Waals surface area contributed by atoms with Gasteiger partial charge in [0.15, 0.2) is 5.69 Å². The summed E-state index contributed by atoms with van der Waals surface area (Å²) < 4.78 is 3.74. The van der Waals surface area contributed by atoms with Crippen molar-refractivity contribution in [1.82, 2.24) is 15.3 Å². The maximum Gasteiger partial charge on any atom is 0.549 e. The molecular formula is C31H32N3O6S+. The predicted molar refractivity (Wildman–Crippen MR) is 159 cm³/mol. The molecule has 0 saturated carbocycles. The van der Waals surface area contributed by atoms with Crippen molar-refractivity contribution < 1.29 is 29.0 Å². The van der Waals surface area contributed by atoms with Gasteiger partial charge in [-0.25, -0.2) is 4.79 Å². The van der Waals surface area contributed by atoms with Crippen LogP contribution in [0.4, 0.5) is 10.5 Å². The first kappa shape index (κ1) is 29.6. The summed E-state index contributed by atoms with van der Waals surface area (Å²) >= 11 is 4.39. The third-order valence-corrected chi connectivity index (χ3v) is 7.40. The normalized spacial score (nSPS) is 17.0. The van der Waals surface area contributed by atoms with Gasteiger partial charge >= 0.3 is 12.1 Å². The minimum Gasteiger partial charge on any atom is -0.465 e. The molecule has 2 unspecified atom stereocenters. The Bertz CT molecular complexity index is 1470. The summed E-state index contributed by atoms with van der Waals surface area (Å²) in [5, 5.41) is 13.4. The average molecular weight is 575 g/mol.